The van der Waals surface area contributed by atoms with E-state index in [0.717, 1.165) is 6.42 Å². The number of hydrogen-bond acceptors (Lipinski definition) is 2. The number of nitrogens with zero attached hydrogens (tertiary/aromatic N) is 1. The van der Waals surface area contributed by atoms with E-state index in [1.807, 2.05) is 30.3 Å². The van der Waals surface area contributed by atoms with Gasteiger partial charge in [-0.25, -0.2) is 8.78 Å². The molecule has 1 amide bonds. The zero-order chi connectivity index (χ0) is 19.4. The summed E-state index contributed by atoms with van der Waals surface area (Å²) in [4.78, 5) is 14.1. The van der Waals surface area contributed by atoms with Gasteiger partial charge in [-0.3, -0.25) is 4.79 Å². The van der Waals surface area contributed by atoms with Crippen LogP contribution in [0.1, 0.15) is 40.7 Å². The number of aryl methyl sites for hydroxylation is 2. The van der Waals surface area contributed by atoms with Crippen molar-refractivity contribution in [1.29, 1.82) is 0 Å². The van der Waals surface area contributed by atoms with Crippen LogP contribution in [0.25, 0.3) is 0 Å². The van der Waals surface area contributed by atoms with Gasteiger partial charge in [0.05, 0.1) is 11.7 Å². The fourth-order valence-electron chi connectivity index (χ4n) is 3.66. The minimum absolute atomic E-state index is 0.123. The molecular weight excluding hydrogens is 348 g/mol. The lowest BCUT2D eigenvalue weighted by molar-refractivity contribution is 0.0433. The smallest absolute Gasteiger partial charge is 0.256 e. The van der Waals surface area contributed by atoms with Gasteiger partial charge in [-0.15, -0.1) is 0 Å². The summed E-state index contributed by atoms with van der Waals surface area (Å²) in [5, 5.41) is 10.5. The summed E-state index contributed by atoms with van der Waals surface area (Å²) in [5.74, 6) is -2.40. The third-order valence-electron chi connectivity index (χ3n) is 5.45. The van der Waals surface area contributed by atoms with Crippen molar-refractivity contribution in [3.63, 3.8) is 0 Å². The molecule has 1 atom stereocenters. The van der Waals surface area contributed by atoms with Crippen LogP contribution >= 0.6 is 0 Å². The molecule has 1 heterocycles. The molecule has 5 heteroatoms. The lowest BCUT2D eigenvalue weighted by atomic mass is 9.88. The van der Waals surface area contributed by atoms with E-state index in [1.54, 1.807) is 4.90 Å². The highest BCUT2D eigenvalue weighted by Gasteiger charge is 2.29. The lowest BCUT2D eigenvalue weighted by Crippen LogP contribution is -2.41. The molecule has 1 saturated heterocycles. The third-order valence-corrected chi connectivity index (χ3v) is 5.45. The van der Waals surface area contributed by atoms with Crippen molar-refractivity contribution < 1.29 is 18.7 Å². The van der Waals surface area contributed by atoms with Gasteiger partial charge in [-0.1, -0.05) is 36.4 Å². The SMILES string of the molecule is Cc1ccc(C(=O)N2CCC([C@@H](O)CCc3ccccc3)CC2)c(F)c1F. The first kappa shape index (κ1) is 19.5. The van der Waals surface area contributed by atoms with Gasteiger partial charge in [0, 0.05) is 13.1 Å². The van der Waals surface area contributed by atoms with Crippen molar-refractivity contribution in [2.24, 2.45) is 5.92 Å². The summed E-state index contributed by atoms with van der Waals surface area (Å²) in [6.07, 6.45) is 2.40. The first-order valence-electron chi connectivity index (χ1n) is 9.43. The summed E-state index contributed by atoms with van der Waals surface area (Å²) >= 11 is 0. The first-order chi connectivity index (χ1) is 13.0. The summed E-state index contributed by atoms with van der Waals surface area (Å²) < 4.78 is 27.8. The number of aliphatic hydroxyl groups excluding tert-OH is 1. The number of halogens is 2. The van der Waals surface area contributed by atoms with Crippen LogP contribution in [-0.2, 0) is 6.42 Å². The number of piperidine rings is 1. The van der Waals surface area contributed by atoms with Gasteiger partial charge >= 0.3 is 0 Å². The molecule has 0 aromatic heterocycles. The molecule has 1 N–H and O–H groups in total. The van der Waals surface area contributed by atoms with Crippen molar-refractivity contribution in [1.82, 2.24) is 4.90 Å². The molecule has 144 valence electrons. The highest BCUT2D eigenvalue weighted by Crippen LogP contribution is 2.25. The molecule has 0 bridgehead atoms. The Kier molecular flexibility index (Phi) is 6.22. The Hall–Kier alpha value is -2.27. The van der Waals surface area contributed by atoms with Gasteiger partial charge in [0.25, 0.3) is 5.91 Å². The Balaban J connectivity index is 1.54. The highest BCUT2D eigenvalue weighted by atomic mass is 19.2. The standard InChI is InChI=1S/C22H25F2NO2/c1-15-7-9-18(21(24)20(15)23)22(27)25-13-11-17(12-14-25)19(26)10-8-16-5-3-2-4-6-16/h2-7,9,17,19,26H,8,10-14H2,1H3/t19-/m0/s1. The predicted molar refractivity (Wildman–Crippen MR) is 100 cm³/mol. The maximum Gasteiger partial charge on any atom is 0.256 e. The van der Waals surface area contributed by atoms with Gasteiger partial charge in [-0.2, -0.15) is 0 Å². The van der Waals surface area contributed by atoms with Crippen LogP contribution in [0.15, 0.2) is 42.5 Å². The van der Waals surface area contributed by atoms with E-state index in [2.05, 4.69) is 0 Å². The number of carbonyl (C=O) groups excluding carboxylic acids is 1. The Morgan fingerprint density at radius 1 is 1.11 bits per heavy atom. The molecule has 2 aromatic carbocycles. The molecule has 3 nitrogen and oxygen atoms in total. The second-order valence-electron chi connectivity index (χ2n) is 7.28. The van der Waals surface area contributed by atoms with E-state index < -0.39 is 23.6 Å². The molecule has 1 aliphatic rings. The summed E-state index contributed by atoms with van der Waals surface area (Å²) in [6.45, 7) is 2.36. The monoisotopic (exact) mass is 373 g/mol. The first-order valence-corrected chi connectivity index (χ1v) is 9.43. The Morgan fingerprint density at radius 3 is 2.44 bits per heavy atom. The number of rotatable bonds is 5. The van der Waals surface area contributed by atoms with Gasteiger partial charge < -0.3 is 10.0 Å². The minimum Gasteiger partial charge on any atom is -0.393 e. The number of aliphatic hydroxyl groups is 1. The van der Waals surface area contributed by atoms with Crippen molar-refractivity contribution in [2.75, 3.05) is 13.1 Å². The average Bonchev–Trinajstić information content (AvgIpc) is 2.71. The van der Waals surface area contributed by atoms with Crippen LogP contribution in [0.5, 0.6) is 0 Å². The molecule has 1 aliphatic heterocycles. The number of likely N-dealkylation sites (tertiary alicyclic amines) is 1. The van der Waals surface area contributed by atoms with E-state index in [4.69, 9.17) is 0 Å². The molecule has 3 rings (SSSR count). The molecule has 1 fully saturated rings. The third kappa shape index (κ3) is 4.53. The second kappa shape index (κ2) is 8.61. The lowest BCUT2D eigenvalue weighted by Gasteiger charge is -2.34. The summed E-state index contributed by atoms with van der Waals surface area (Å²) in [6, 6.07) is 12.8. The normalized spacial score (nSPS) is 16.4. The van der Waals surface area contributed by atoms with E-state index in [0.29, 0.717) is 32.4 Å². The topological polar surface area (TPSA) is 40.5 Å². The number of amides is 1. The van der Waals surface area contributed by atoms with Crippen LogP contribution in [0.2, 0.25) is 0 Å². The van der Waals surface area contributed by atoms with Crippen molar-refractivity contribution >= 4 is 5.91 Å². The summed E-state index contributed by atoms with van der Waals surface area (Å²) in [7, 11) is 0. The van der Waals surface area contributed by atoms with Gasteiger partial charge in [0.2, 0.25) is 0 Å². The Morgan fingerprint density at radius 2 is 1.78 bits per heavy atom. The second-order valence-corrected chi connectivity index (χ2v) is 7.28. The van der Waals surface area contributed by atoms with Gasteiger partial charge in [0.1, 0.15) is 0 Å². The van der Waals surface area contributed by atoms with Crippen LogP contribution in [-0.4, -0.2) is 35.1 Å². The zero-order valence-electron chi connectivity index (χ0n) is 15.5. The molecule has 27 heavy (non-hydrogen) atoms. The largest absolute Gasteiger partial charge is 0.393 e. The van der Waals surface area contributed by atoms with Crippen LogP contribution in [0, 0.1) is 24.5 Å². The molecule has 0 aliphatic carbocycles. The van der Waals surface area contributed by atoms with Crippen LogP contribution < -0.4 is 0 Å². The van der Waals surface area contributed by atoms with E-state index in [9.17, 15) is 18.7 Å². The van der Waals surface area contributed by atoms with Crippen LogP contribution in [0.3, 0.4) is 0 Å². The molecule has 0 saturated carbocycles. The quantitative estimate of drug-likeness (QED) is 0.857. The highest BCUT2D eigenvalue weighted by molar-refractivity contribution is 5.94. The van der Waals surface area contributed by atoms with Crippen molar-refractivity contribution in [3.05, 3.63) is 70.8 Å². The molecule has 2 aromatic rings. The number of benzene rings is 2. The molecule has 0 radical (unpaired) electrons. The Labute approximate surface area is 158 Å². The maximum absolute atomic E-state index is 14.1. The number of hydrogen-bond donors (Lipinski definition) is 1. The van der Waals surface area contributed by atoms with Gasteiger partial charge in [-0.05, 0) is 55.7 Å². The van der Waals surface area contributed by atoms with Crippen molar-refractivity contribution in [2.45, 2.75) is 38.7 Å². The minimum atomic E-state index is -1.08. The Bertz CT molecular complexity index is 786. The summed E-state index contributed by atoms with van der Waals surface area (Å²) in [5.41, 5.74) is 1.16. The number of carbonyl (C=O) groups is 1. The predicted octanol–water partition coefficient (Wildman–Crippen LogP) is 4.12. The van der Waals surface area contributed by atoms with Crippen LogP contribution in [0.4, 0.5) is 8.78 Å². The molecular formula is C22H25F2NO2. The zero-order valence-corrected chi connectivity index (χ0v) is 15.5. The fourth-order valence-corrected chi connectivity index (χ4v) is 3.66. The van der Waals surface area contributed by atoms with E-state index >= 15 is 0 Å². The fraction of sp³-hybridized carbons (Fsp3) is 0.409. The van der Waals surface area contributed by atoms with Gasteiger partial charge in [0.15, 0.2) is 11.6 Å². The van der Waals surface area contributed by atoms with E-state index in [1.165, 1.54) is 24.6 Å². The van der Waals surface area contributed by atoms with Crippen molar-refractivity contribution in [3.8, 4) is 0 Å². The maximum atomic E-state index is 14.1. The average molecular weight is 373 g/mol. The van der Waals surface area contributed by atoms with E-state index in [-0.39, 0.29) is 17.0 Å². The molecule has 0 spiro atoms. The molecule has 0 unspecified atom stereocenters.